The maximum Gasteiger partial charge on any atom is 0.417 e. The Morgan fingerprint density at radius 2 is 1.80 bits per heavy atom. The van der Waals surface area contributed by atoms with E-state index in [1.165, 1.54) is 35.0 Å². The molecular weight excluding hydrogens is 461 g/mol. The van der Waals surface area contributed by atoms with Crippen LogP contribution >= 0.6 is 0 Å². The van der Waals surface area contributed by atoms with Crippen molar-refractivity contribution in [1.82, 2.24) is 19.6 Å². The molecule has 8 nitrogen and oxygen atoms in total. The number of morpholine rings is 1. The predicted octanol–water partition coefficient (Wildman–Crippen LogP) is 4.21. The zero-order valence-electron chi connectivity index (χ0n) is 18.7. The minimum Gasteiger partial charge on any atom is -0.378 e. The van der Waals surface area contributed by atoms with Gasteiger partial charge in [0.1, 0.15) is 17.2 Å². The number of pyridine rings is 1. The maximum atomic E-state index is 13.5. The smallest absolute Gasteiger partial charge is 0.378 e. The summed E-state index contributed by atoms with van der Waals surface area (Å²) in [5, 5.41) is 7.12. The molecule has 0 radical (unpaired) electrons. The largest absolute Gasteiger partial charge is 0.417 e. The number of amides is 1. The second-order valence-corrected chi connectivity index (χ2v) is 8.02. The minimum atomic E-state index is -4.53. The summed E-state index contributed by atoms with van der Waals surface area (Å²) in [4.78, 5) is 24.0. The Balaban J connectivity index is 1.48. The van der Waals surface area contributed by atoms with Gasteiger partial charge in [-0.25, -0.2) is 14.5 Å². The highest BCUT2D eigenvalue weighted by molar-refractivity contribution is 6.05. The van der Waals surface area contributed by atoms with Crippen molar-refractivity contribution in [2.24, 2.45) is 0 Å². The fraction of sp³-hybridized carbons (Fsp3) is 0.250. The summed E-state index contributed by atoms with van der Waals surface area (Å²) in [6, 6.07) is 11.9. The third kappa shape index (κ3) is 4.54. The summed E-state index contributed by atoms with van der Waals surface area (Å²) in [7, 11) is 0. The molecule has 1 N–H and O–H groups in total. The van der Waals surface area contributed by atoms with Gasteiger partial charge in [0.25, 0.3) is 5.91 Å². The van der Waals surface area contributed by atoms with E-state index < -0.39 is 17.6 Å². The van der Waals surface area contributed by atoms with Crippen molar-refractivity contribution >= 4 is 23.1 Å². The topological polar surface area (TPSA) is 84.7 Å². The Morgan fingerprint density at radius 1 is 1.03 bits per heavy atom. The van der Waals surface area contributed by atoms with Gasteiger partial charge in [0.05, 0.1) is 30.2 Å². The number of rotatable bonds is 4. The molecule has 0 atom stereocenters. The minimum absolute atomic E-state index is 0.0569. The van der Waals surface area contributed by atoms with Crippen LogP contribution in [0.15, 0.2) is 54.7 Å². The molecule has 35 heavy (non-hydrogen) atoms. The van der Waals surface area contributed by atoms with Crippen LogP contribution in [0.5, 0.6) is 0 Å². The molecule has 1 aromatic carbocycles. The highest BCUT2D eigenvalue weighted by Crippen LogP contribution is 2.36. The van der Waals surface area contributed by atoms with E-state index in [2.05, 4.69) is 20.4 Å². The number of nitrogens with zero attached hydrogens (tertiary/aromatic N) is 5. The molecule has 1 aliphatic heterocycles. The normalized spacial score (nSPS) is 14.3. The van der Waals surface area contributed by atoms with E-state index in [1.54, 1.807) is 19.1 Å². The number of fused-ring (bicyclic) bond motifs is 1. The highest BCUT2D eigenvalue weighted by atomic mass is 19.4. The van der Waals surface area contributed by atoms with Crippen LogP contribution in [0.1, 0.15) is 21.7 Å². The van der Waals surface area contributed by atoms with Crippen LogP contribution in [-0.2, 0) is 10.9 Å². The lowest BCUT2D eigenvalue weighted by Gasteiger charge is -2.27. The third-order valence-electron chi connectivity index (χ3n) is 5.71. The van der Waals surface area contributed by atoms with Crippen LogP contribution in [0.25, 0.3) is 16.9 Å². The summed E-state index contributed by atoms with van der Waals surface area (Å²) < 4.78 is 47.4. The van der Waals surface area contributed by atoms with Gasteiger partial charge < -0.3 is 15.0 Å². The second kappa shape index (κ2) is 8.99. The van der Waals surface area contributed by atoms with E-state index >= 15 is 0 Å². The van der Waals surface area contributed by atoms with E-state index in [4.69, 9.17) is 4.74 Å². The molecule has 0 bridgehead atoms. The van der Waals surface area contributed by atoms with Crippen LogP contribution in [0.2, 0.25) is 0 Å². The number of anilines is 2. The quantitative estimate of drug-likeness (QED) is 0.469. The molecule has 1 fully saturated rings. The van der Waals surface area contributed by atoms with Crippen molar-refractivity contribution < 1.29 is 22.7 Å². The van der Waals surface area contributed by atoms with E-state index in [0.717, 1.165) is 6.07 Å². The number of ether oxygens (including phenoxy) is 1. The van der Waals surface area contributed by atoms with E-state index in [-0.39, 0.29) is 22.6 Å². The number of alkyl halides is 3. The Bertz CT molecular complexity index is 1400. The Hall–Kier alpha value is -3.99. The Labute approximate surface area is 198 Å². The number of hydrogen-bond donors (Lipinski definition) is 1. The molecule has 0 spiro atoms. The van der Waals surface area contributed by atoms with Crippen molar-refractivity contribution in [2.45, 2.75) is 13.1 Å². The molecule has 3 aromatic heterocycles. The standard InChI is InChI=1S/C24H21F3N6O2/c1-15-21(30-23(34)19-7-4-8-20(28-19)32-11-13-35-14-12-32)22-29-18(9-10-33(22)31-15)16-5-2-3-6-17(16)24(25,26)27/h2-10H,11-14H2,1H3,(H,30,34). The van der Waals surface area contributed by atoms with Gasteiger partial charge >= 0.3 is 6.18 Å². The van der Waals surface area contributed by atoms with Gasteiger partial charge in [-0.2, -0.15) is 18.3 Å². The number of carbonyl (C=O) groups is 1. The van der Waals surface area contributed by atoms with Crippen molar-refractivity contribution in [1.29, 1.82) is 0 Å². The molecule has 0 saturated carbocycles. The first-order chi connectivity index (χ1) is 16.8. The molecule has 1 saturated heterocycles. The lowest BCUT2D eigenvalue weighted by molar-refractivity contribution is -0.137. The number of nitrogens with one attached hydrogen (secondary N) is 1. The van der Waals surface area contributed by atoms with Gasteiger partial charge in [-0.3, -0.25) is 4.79 Å². The van der Waals surface area contributed by atoms with Gasteiger partial charge in [0, 0.05) is 24.8 Å². The number of aromatic nitrogens is 4. The maximum absolute atomic E-state index is 13.5. The van der Waals surface area contributed by atoms with Gasteiger partial charge in [0.2, 0.25) is 0 Å². The average molecular weight is 482 g/mol. The molecule has 11 heteroatoms. The molecule has 5 rings (SSSR count). The zero-order chi connectivity index (χ0) is 24.6. The van der Waals surface area contributed by atoms with Crippen molar-refractivity contribution in [3.8, 4) is 11.3 Å². The van der Waals surface area contributed by atoms with Gasteiger partial charge in [0.15, 0.2) is 5.65 Å². The first-order valence-corrected chi connectivity index (χ1v) is 10.9. The summed E-state index contributed by atoms with van der Waals surface area (Å²) >= 11 is 0. The molecule has 0 aliphatic carbocycles. The van der Waals surface area contributed by atoms with E-state index in [0.29, 0.717) is 43.5 Å². The molecule has 1 aliphatic rings. The Morgan fingerprint density at radius 3 is 2.57 bits per heavy atom. The SMILES string of the molecule is Cc1nn2ccc(-c3ccccc3C(F)(F)F)nc2c1NC(=O)c1cccc(N2CCOCC2)n1. The molecular formula is C24H21F3N6O2. The highest BCUT2D eigenvalue weighted by Gasteiger charge is 2.33. The molecule has 0 unspecified atom stereocenters. The van der Waals surface area contributed by atoms with Gasteiger partial charge in [-0.05, 0) is 31.2 Å². The van der Waals surface area contributed by atoms with Crippen LogP contribution in [0.3, 0.4) is 0 Å². The fourth-order valence-corrected chi connectivity index (χ4v) is 3.98. The summed E-state index contributed by atoms with van der Waals surface area (Å²) in [6.45, 7) is 4.22. The fourth-order valence-electron chi connectivity index (χ4n) is 3.98. The van der Waals surface area contributed by atoms with Crippen molar-refractivity contribution in [3.63, 3.8) is 0 Å². The number of halogens is 3. The second-order valence-electron chi connectivity index (χ2n) is 8.02. The lowest BCUT2D eigenvalue weighted by atomic mass is 10.0. The first kappa shape index (κ1) is 22.8. The summed E-state index contributed by atoms with van der Waals surface area (Å²) in [6.07, 6.45) is -3.01. The third-order valence-corrected chi connectivity index (χ3v) is 5.71. The van der Waals surface area contributed by atoms with Crippen molar-refractivity contribution in [3.05, 3.63) is 71.7 Å². The van der Waals surface area contributed by atoms with Crippen LogP contribution in [0.4, 0.5) is 24.7 Å². The lowest BCUT2D eigenvalue weighted by Crippen LogP contribution is -2.37. The van der Waals surface area contributed by atoms with E-state index in [1.807, 2.05) is 11.0 Å². The zero-order valence-corrected chi connectivity index (χ0v) is 18.7. The molecule has 1 amide bonds. The summed E-state index contributed by atoms with van der Waals surface area (Å²) in [5.74, 6) is 0.197. The van der Waals surface area contributed by atoms with Gasteiger partial charge in [-0.1, -0.05) is 24.3 Å². The van der Waals surface area contributed by atoms with Gasteiger partial charge in [-0.15, -0.1) is 0 Å². The number of hydrogen-bond acceptors (Lipinski definition) is 6. The molecule has 4 heterocycles. The van der Waals surface area contributed by atoms with Crippen molar-refractivity contribution in [2.75, 3.05) is 36.5 Å². The number of carbonyl (C=O) groups excluding carboxylic acids is 1. The first-order valence-electron chi connectivity index (χ1n) is 10.9. The van der Waals surface area contributed by atoms with Crippen LogP contribution in [0, 0.1) is 6.92 Å². The molecule has 4 aromatic rings. The number of aryl methyl sites for hydroxylation is 1. The molecule has 180 valence electrons. The average Bonchev–Trinajstić information content (AvgIpc) is 3.18. The Kier molecular flexibility index (Phi) is 5.85. The monoisotopic (exact) mass is 482 g/mol. The summed E-state index contributed by atoms with van der Waals surface area (Å²) in [5.41, 5.74) is 0.479. The predicted molar refractivity (Wildman–Crippen MR) is 123 cm³/mol. The number of benzene rings is 1. The van der Waals surface area contributed by atoms with Crippen LogP contribution < -0.4 is 10.2 Å². The van der Waals surface area contributed by atoms with E-state index in [9.17, 15) is 18.0 Å². The van der Waals surface area contributed by atoms with Crippen LogP contribution in [-0.4, -0.2) is 51.8 Å².